The molecule has 0 saturated heterocycles. The maximum Gasteiger partial charge on any atom is 0.310 e. The van der Waals surface area contributed by atoms with Crippen LogP contribution in [0.5, 0.6) is 0 Å². The van der Waals surface area contributed by atoms with Crippen LogP contribution in [0.25, 0.3) is 0 Å². The Kier molecular flexibility index (Phi) is 6.34. The molecule has 0 aromatic heterocycles. The molecule has 0 saturated carbocycles. The van der Waals surface area contributed by atoms with Gasteiger partial charge in [-0.2, -0.15) is 0 Å². The van der Waals surface area contributed by atoms with Crippen molar-refractivity contribution in [1.29, 1.82) is 0 Å². The van der Waals surface area contributed by atoms with Gasteiger partial charge in [-0.1, -0.05) is 18.2 Å². The van der Waals surface area contributed by atoms with Crippen LogP contribution in [0.4, 0.5) is 5.69 Å². The van der Waals surface area contributed by atoms with E-state index >= 15 is 0 Å². The molecular formula is C21H24N2O5S. The predicted molar refractivity (Wildman–Crippen MR) is 109 cm³/mol. The molecule has 0 radical (unpaired) electrons. The molecule has 0 bridgehead atoms. The topological polar surface area (TPSA) is 92.8 Å². The van der Waals surface area contributed by atoms with E-state index in [1.165, 1.54) is 49.5 Å². The van der Waals surface area contributed by atoms with Crippen LogP contribution in [0.1, 0.15) is 23.1 Å². The molecule has 154 valence electrons. The molecular weight excluding hydrogens is 392 g/mol. The zero-order valence-corrected chi connectivity index (χ0v) is 17.3. The first kappa shape index (κ1) is 21.0. The second-order valence-electron chi connectivity index (χ2n) is 7.15. The highest BCUT2D eigenvalue weighted by Crippen LogP contribution is 2.23. The molecule has 0 aliphatic heterocycles. The van der Waals surface area contributed by atoms with Crippen LogP contribution in [0.3, 0.4) is 0 Å². The molecule has 0 heterocycles. The van der Waals surface area contributed by atoms with Gasteiger partial charge in [-0.3, -0.25) is 9.59 Å². The van der Waals surface area contributed by atoms with E-state index < -0.39 is 28.5 Å². The van der Waals surface area contributed by atoms with Gasteiger partial charge in [0.15, 0.2) is 6.61 Å². The highest BCUT2D eigenvalue weighted by atomic mass is 32.2. The van der Waals surface area contributed by atoms with Gasteiger partial charge in [-0.05, 0) is 60.2 Å². The predicted octanol–water partition coefficient (Wildman–Crippen LogP) is 2.15. The van der Waals surface area contributed by atoms with Crippen molar-refractivity contribution < 1.29 is 22.7 Å². The number of nitrogens with zero attached hydrogens (tertiary/aromatic N) is 1. The molecule has 1 N–H and O–H groups in total. The van der Waals surface area contributed by atoms with Gasteiger partial charge in [0.25, 0.3) is 5.91 Å². The maximum atomic E-state index is 12.0. The van der Waals surface area contributed by atoms with Gasteiger partial charge < -0.3 is 10.1 Å². The standard InChI is InChI=1S/C21H24N2O5S/c1-23(2)29(26,27)19-10-8-18(9-11-19)22-20(24)14-28-21(25)13-15-6-7-16-4-3-5-17(16)12-15/h6-12H,3-5,13-14H2,1-2H3,(H,22,24). The summed E-state index contributed by atoms with van der Waals surface area (Å²) < 4.78 is 30.2. The normalized spacial score (nSPS) is 13.2. The minimum absolute atomic E-state index is 0.123. The second-order valence-corrected chi connectivity index (χ2v) is 9.31. The van der Waals surface area contributed by atoms with E-state index in [1.54, 1.807) is 0 Å². The zero-order valence-electron chi connectivity index (χ0n) is 16.5. The van der Waals surface area contributed by atoms with Crippen LogP contribution < -0.4 is 5.32 Å². The van der Waals surface area contributed by atoms with Crippen molar-refractivity contribution in [2.45, 2.75) is 30.6 Å². The Labute approximate surface area is 170 Å². The van der Waals surface area contributed by atoms with E-state index in [4.69, 9.17) is 4.74 Å². The number of hydrogen-bond donors (Lipinski definition) is 1. The number of rotatable bonds is 7. The summed E-state index contributed by atoms with van der Waals surface area (Å²) in [7, 11) is -0.633. The molecule has 0 unspecified atom stereocenters. The lowest BCUT2D eigenvalue weighted by atomic mass is 10.0. The van der Waals surface area contributed by atoms with Gasteiger partial charge in [-0.15, -0.1) is 0 Å². The Hall–Kier alpha value is -2.71. The number of amides is 1. The van der Waals surface area contributed by atoms with Crippen LogP contribution in [0, 0.1) is 0 Å². The zero-order chi connectivity index (χ0) is 21.0. The average molecular weight is 416 g/mol. The Balaban J connectivity index is 1.49. The smallest absolute Gasteiger partial charge is 0.310 e. The number of ether oxygens (including phenoxy) is 1. The largest absolute Gasteiger partial charge is 0.455 e. The second kappa shape index (κ2) is 8.75. The third-order valence-corrected chi connectivity index (χ3v) is 6.62. The van der Waals surface area contributed by atoms with Crippen LogP contribution in [0.15, 0.2) is 47.4 Å². The highest BCUT2D eigenvalue weighted by molar-refractivity contribution is 7.89. The average Bonchev–Trinajstić information content (AvgIpc) is 3.14. The first-order chi connectivity index (χ1) is 13.8. The number of anilines is 1. The van der Waals surface area contributed by atoms with Crippen molar-refractivity contribution >= 4 is 27.6 Å². The van der Waals surface area contributed by atoms with E-state index in [1.807, 2.05) is 12.1 Å². The number of sulfonamides is 1. The van der Waals surface area contributed by atoms with E-state index in [2.05, 4.69) is 11.4 Å². The summed E-state index contributed by atoms with van der Waals surface area (Å²) in [6.07, 6.45) is 3.39. The molecule has 1 aliphatic rings. The number of hydrogen-bond acceptors (Lipinski definition) is 5. The molecule has 3 rings (SSSR count). The summed E-state index contributed by atoms with van der Waals surface area (Å²) in [4.78, 5) is 24.1. The summed E-state index contributed by atoms with van der Waals surface area (Å²) in [6, 6.07) is 11.8. The lowest BCUT2D eigenvalue weighted by Crippen LogP contribution is -2.23. The monoisotopic (exact) mass is 416 g/mol. The van der Waals surface area contributed by atoms with Gasteiger partial charge in [-0.25, -0.2) is 12.7 Å². The Bertz CT molecular complexity index is 1010. The minimum atomic E-state index is -3.53. The van der Waals surface area contributed by atoms with Crippen LogP contribution in [-0.2, 0) is 43.6 Å². The molecule has 0 spiro atoms. The number of carbonyl (C=O) groups excluding carboxylic acids is 2. The molecule has 1 aliphatic carbocycles. The fourth-order valence-electron chi connectivity index (χ4n) is 3.22. The van der Waals surface area contributed by atoms with Crippen molar-refractivity contribution in [2.24, 2.45) is 0 Å². The number of aryl methyl sites for hydroxylation is 2. The van der Waals surface area contributed by atoms with Crippen molar-refractivity contribution in [3.63, 3.8) is 0 Å². The molecule has 2 aromatic rings. The third-order valence-electron chi connectivity index (χ3n) is 4.79. The quantitative estimate of drug-likeness (QED) is 0.698. The van der Waals surface area contributed by atoms with Gasteiger partial charge in [0, 0.05) is 19.8 Å². The fourth-order valence-corrected chi connectivity index (χ4v) is 4.12. The lowest BCUT2D eigenvalue weighted by molar-refractivity contribution is -0.146. The van der Waals surface area contributed by atoms with E-state index in [-0.39, 0.29) is 11.3 Å². The fraction of sp³-hybridized carbons (Fsp3) is 0.333. The summed E-state index contributed by atoms with van der Waals surface area (Å²) >= 11 is 0. The Morgan fingerprint density at radius 1 is 1.03 bits per heavy atom. The van der Waals surface area contributed by atoms with E-state index in [0.29, 0.717) is 5.69 Å². The lowest BCUT2D eigenvalue weighted by Gasteiger charge is -2.12. The van der Waals surface area contributed by atoms with Gasteiger partial charge in [0.05, 0.1) is 11.3 Å². The number of nitrogens with one attached hydrogen (secondary N) is 1. The van der Waals surface area contributed by atoms with Crippen molar-refractivity contribution in [3.05, 3.63) is 59.2 Å². The molecule has 1 amide bonds. The summed E-state index contributed by atoms with van der Waals surface area (Å²) in [5, 5.41) is 2.58. The first-order valence-corrected chi connectivity index (χ1v) is 10.8. The molecule has 0 fully saturated rings. The van der Waals surface area contributed by atoms with Crippen LogP contribution >= 0.6 is 0 Å². The number of carbonyl (C=O) groups is 2. The van der Waals surface area contributed by atoms with Gasteiger partial charge >= 0.3 is 5.97 Å². The van der Waals surface area contributed by atoms with Crippen LogP contribution in [-0.4, -0.2) is 45.3 Å². The number of benzene rings is 2. The van der Waals surface area contributed by atoms with Gasteiger partial charge in [0.2, 0.25) is 10.0 Å². The third kappa shape index (κ3) is 5.21. The highest BCUT2D eigenvalue weighted by Gasteiger charge is 2.17. The van der Waals surface area contributed by atoms with Crippen molar-refractivity contribution in [1.82, 2.24) is 4.31 Å². The Morgan fingerprint density at radius 3 is 2.41 bits per heavy atom. The molecule has 8 heteroatoms. The SMILES string of the molecule is CN(C)S(=O)(=O)c1ccc(NC(=O)COC(=O)Cc2ccc3c(c2)CCC3)cc1. The summed E-state index contributed by atoms with van der Waals surface area (Å²) in [5.41, 5.74) is 3.93. The molecule has 0 atom stereocenters. The molecule has 7 nitrogen and oxygen atoms in total. The first-order valence-electron chi connectivity index (χ1n) is 9.34. The van der Waals surface area contributed by atoms with Crippen molar-refractivity contribution in [3.8, 4) is 0 Å². The molecule has 29 heavy (non-hydrogen) atoms. The summed E-state index contributed by atoms with van der Waals surface area (Å²) in [6.45, 7) is -0.401. The van der Waals surface area contributed by atoms with E-state index in [0.717, 1.165) is 29.1 Å². The Morgan fingerprint density at radius 2 is 1.72 bits per heavy atom. The number of fused-ring (bicyclic) bond motifs is 1. The van der Waals surface area contributed by atoms with E-state index in [9.17, 15) is 18.0 Å². The molecule has 2 aromatic carbocycles. The van der Waals surface area contributed by atoms with Crippen LogP contribution in [0.2, 0.25) is 0 Å². The van der Waals surface area contributed by atoms with Gasteiger partial charge in [0.1, 0.15) is 0 Å². The maximum absolute atomic E-state index is 12.0. The van der Waals surface area contributed by atoms with Crippen molar-refractivity contribution in [2.75, 3.05) is 26.0 Å². The number of esters is 1. The minimum Gasteiger partial charge on any atom is -0.455 e. The summed E-state index contributed by atoms with van der Waals surface area (Å²) in [5.74, 6) is -0.957.